The molecule has 110 valence electrons. The van der Waals surface area contributed by atoms with E-state index >= 15 is 0 Å². The van der Waals surface area contributed by atoms with Gasteiger partial charge in [0.15, 0.2) is 9.84 Å². The van der Waals surface area contributed by atoms with E-state index in [0.717, 1.165) is 18.4 Å². The molecular formula is C15H20O4S. The lowest BCUT2D eigenvalue weighted by Gasteiger charge is -2.28. The molecule has 0 aromatic heterocycles. The lowest BCUT2D eigenvalue weighted by atomic mass is 9.89. The van der Waals surface area contributed by atoms with Crippen LogP contribution in [0.3, 0.4) is 0 Å². The van der Waals surface area contributed by atoms with E-state index in [4.69, 9.17) is 0 Å². The molecule has 2 atom stereocenters. The fourth-order valence-corrected chi connectivity index (χ4v) is 4.97. The zero-order valence-electron chi connectivity index (χ0n) is 11.4. The molecule has 0 heterocycles. The van der Waals surface area contributed by atoms with Crippen molar-refractivity contribution < 1.29 is 18.3 Å². The molecule has 2 rings (SSSR count). The van der Waals surface area contributed by atoms with Crippen molar-refractivity contribution >= 4 is 15.8 Å². The van der Waals surface area contributed by atoms with E-state index in [1.54, 1.807) is 0 Å². The summed E-state index contributed by atoms with van der Waals surface area (Å²) in [4.78, 5) is 11.2. The summed E-state index contributed by atoms with van der Waals surface area (Å²) < 4.78 is 24.8. The zero-order valence-corrected chi connectivity index (χ0v) is 12.2. The van der Waals surface area contributed by atoms with Gasteiger partial charge < -0.3 is 5.11 Å². The van der Waals surface area contributed by atoms with Gasteiger partial charge in [-0.25, -0.2) is 8.42 Å². The Labute approximate surface area is 119 Å². The van der Waals surface area contributed by atoms with Crippen molar-refractivity contribution in [2.24, 2.45) is 5.92 Å². The third-order valence-electron chi connectivity index (χ3n) is 4.00. The molecule has 0 amide bonds. The molecule has 1 saturated carbocycles. The fraction of sp³-hybridized carbons (Fsp3) is 0.533. The molecule has 0 unspecified atom stereocenters. The second kappa shape index (κ2) is 6.39. The van der Waals surface area contributed by atoms with Crippen molar-refractivity contribution in [1.82, 2.24) is 0 Å². The Bertz CT molecular complexity index is 550. The van der Waals surface area contributed by atoms with Crippen LogP contribution in [0.2, 0.25) is 0 Å². The van der Waals surface area contributed by atoms with Crippen LogP contribution in [0.15, 0.2) is 30.3 Å². The molecule has 0 radical (unpaired) electrons. The first-order chi connectivity index (χ1) is 9.50. The number of sulfone groups is 1. The summed E-state index contributed by atoms with van der Waals surface area (Å²) in [5.41, 5.74) is 0.971. The molecule has 1 aromatic rings. The Morgan fingerprint density at radius 3 is 2.45 bits per heavy atom. The largest absolute Gasteiger partial charge is 0.481 e. The summed E-state index contributed by atoms with van der Waals surface area (Å²) in [7, 11) is -3.36. The van der Waals surface area contributed by atoms with Gasteiger partial charge in [-0.15, -0.1) is 0 Å². The molecule has 1 fully saturated rings. The first kappa shape index (κ1) is 15.0. The Kier molecular flexibility index (Phi) is 4.81. The highest BCUT2D eigenvalue weighted by molar-refractivity contribution is 7.92. The minimum absolute atomic E-state index is 0.0332. The zero-order chi connectivity index (χ0) is 14.6. The second-order valence-corrected chi connectivity index (χ2v) is 7.71. The highest BCUT2D eigenvalue weighted by Gasteiger charge is 2.39. The number of carbonyl (C=O) groups is 1. The van der Waals surface area contributed by atoms with Crippen LogP contribution in [0.5, 0.6) is 0 Å². The number of carboxylic acid groups (broad SMARTS) is 1. The van der Waals surface area contributed by atoms with Crippen LogP contribution in [-0.4, -0.2) is 30.5 Å². The normalized spacial score (nSPS) is 23.4. The van der Waals surface area contributed by atoms with Crippen molar-refractivity contribution in [3.8, 4) is 0 Å². The molecule has 1 N–H and O–H groups in total. The average Bonchev–Trinajstić information content (AvgIpc) is 2.46. The number of aryl methyl sites for hydroxylation is 1. The standard InChI is InChI=1S/C15H20O4S/c16-15(17)13-8-4-5-9-14(13)20(18,19)11-10-12-6-2-1-3-7-12/h1-3,6-7,13-14H,4-5,8-11H2,(H,16,17)/t13-,14+/m1/s1. The van der Waals surface area contributed by atoms with Gasteiger partial charge in [-0.2, -0.15) is 0 Å². The molecular weight excluding hydrogens is 276 g/mol. The first-order valence-corrected chi connectivity index (χ1v) is 8.70. The van der Waals surface area contributed by atoms with Gasteiger partial charge in [0.2, 0.25) is 0 Å². The van der Waals surface area contributed by atoms with Crippen molar-refractivity contribution in [3.63, 3.8) is 0 Å². The van der Waals surface area contributed by atoms with Crippen molar-refractivity contribution in [3.05, 3.63) is 35.9 Å². The number of rotatable bonds is 5. The summed E-state index contributed by atoms with van der Waals surface area (Å²) in [6.07, 6.45) is 3.02. The summed E-state index contributed by atoms with van der Waals surface area (Å²) in [5.74, 6) is -1.67. The summed E-state index contributed by atoms with van der Waals surface area (Å²) >= 11 is 0. The van der Waals surface area contributed by atoms with Crippen LogP contribution in [0.4, 0.5) is 0 Å². The number of hydrogen-bond acceptors (Lipinski definition) is 3. The van der Waals surface area contributed by atoms with Gasteiger partial charge in [-0.1, -0.05) is 43.2 Å². The maximum atomic E-state index is 12.4. The molecule has 1 aliphatic carbocycles. The maximum absolute atomic E-state index is 12.4. The van der Waals surface area contributed by atoms with Crippen LogP contribution >= 0.6 is 0 Å². The Hall–Kier alpha value is -1.36. The van der Waals surface area contributed by atoms with Gasteiger partial charge >= 0.3 is 5.97 Å². The van der Waals surface area contributed by atoms with Crippen molar-refractivity contribution in [1.29, 1.82) is 0 Å². The van der Waals surface area contributed by atoms with Crippen molar-refractivity contribution in [2.45, 2.75) is 37.4 Å². The Balaban J connectivity index is 2.06. The van der Waals surface area contributed by atoms with E-state index in [9.17, 15) is 18.3 Å². The molecule has 1 aromatic carbocycles. The van der Waals surface area contributed by atoms with Crippen LogP contribution in [0.1, 0.15) is 31.2 Å². The topological polar surface area (TPSA) is 71.4 Å². The lowest BCUT2D eigenvalue weighted by molar-refractivity contribution is -0.142. The molecule has 0 spiro atoms. The average molecular weight is 296 g/mol. The molecule has 20 heavy (non-hydrogen) atoms. The minimum Gasteiger partial charge on any atom is -0.481 e. The number of carboxylic acids is 1. The number of benzene rings is 1. The lowest BCUT2D eigenvalue weighted by Crippen LogP contribution is -2.39. The fourth-order valence-electron chi connectivity index (χ4n) is 2.87. The third kappa shape index (κ3) is 3.60. The first-order valence-electron chi connectivity index (χ1n) is 6.99. The van der Waals surface area contributed by atoms with Gasteiger partial charge in [0.1, 0.15) is 0 Å². The monoisotopic (exact) mass is 296 g/mol. The predicted octanol–water partition coefficient (Wildman–Crippen LogP) is 2.29. The van der Waals surface area contributed by atoms with E-state index in [2.05, 4.69) is 0 Å². The van der Waals surface area contributed by atoms with Gasteiger partial charge in [-0.05, 0) is 24.8 Å². The van der Waals surface area contributed by atoms with Gasteiger partial charge in [0.25, 0.3) is 0 Å². The highest BCUT2D eigenvalue weighted by atomic mass is 32.2. The van der Waals surface area contributed by atoms with E-state index in [-0.39, 0.29) is 5.75 Å². The number of aliphatic carboxylic acids is 1. The Morgan fingerprint density at radius 1 is 1.15 bits per heavy atom. The van der Waals surface area contributed by atoms with Crippen LogP contribution in [0, 0.1) is 5.92 Å². The quantitative estimate of drug-likeness (QED) is 0.905. The summed E-state index contributed by atoms with van der Waals surface area (Å²) in [6.45, 7) is 0. The predicted molar refractivity (Wildman–Crippen MR) is 77.3 cm³/mol. The molecule has 0 aliphatic heterocycles. The second-order valence-electron chi connectivity index (χ2n) is 5.37. The van der Waals surface area contributed by atoms with Crippen LogP contribution in [0.25, 0.3) is 0 Å². The minimum atomic E-state index is -3.36. The van der Waals surface area contributed by atoms with Crippen LogP contribution < -0.4 is 0 Å². The van der Waals surface area contributed by atoms with E-state index in [0.29, 0.717) is 19.3 Å². The van der Waals surface area contributed by atoms with Gasteiger partial charge in [0.05, 0.1) is 16.9 Å². The molecule has 4 nitrogen and oxygen atoms in total. The van der Waals surface area contributed by atoms with Crippen LogP contribution in [-0.2, 0) is 21.1 Å². The summed E-state index contributed by atoms with van der Waals surface area (Å²) in [5, 5.41) is 8.48. The third-order valence-corrected chi connectivity index (χ3v) is 6.26. The van der Waals surface area contributed by atoms with Crippen molar-refractivity contribution in [2.75, 3.05) is 5.75 Å². The molecule has 5 heteroatoms. The molecule has 0 bridgehead atoms. The van der Waals surface area contributed by atoms with Gasteiger partial charge in [0, 0.05) is 0 Å². The van der Waals surface area contributed by atoms with E-state index in [1.807, 2.05) is 30.3 Å². The summed E-state index contributed by atoms with van der Waals surface area (Å²) in [6, 6.07) is 9.43. The Morgan fingerprint density at radius 2 is 1.80 bits per heavy atom. The molecule has 1 aliphatic rings. The highest BCUT2D eigenvalue weighted by Crippen LogP contribution is 2.30. The molecule has 0 saturated heterocycles. The van der Waals surface area contributed by atoms with E-state index < -0.39 is 27.0 Å². The SMILES string of the molecule is O=C(O)[C@@H]1CCCC[C@@H]1S(=O)(=O)CCc1ccccc1. The maximum Gasteiger partial charge on any atom is 0.307 e. The smallest absolute Gasteiger partial charge is 0.307 e. The van der Waals surface area contributed by atoms with Gasteiger partial charge in [-0.3, -0.25) is 4.79 Å². The van der Waals surface area contributed by atoms with E-state index in [1.165, 1.54) is 0 Å². The number of hydrogen-bond donors (Lipinski definition) is 1.